The van der Waals surface area contributed by atoms with Crippen molar-refractivity contribution in [3.05, 3.63) is 52.4 Å². The van der Waals surface area contributed by atoms with Gasteiger partial charge in [0.2, 0.25) is 0 Å². The van der Waals surface area contributed by atoms with Crippen molar-refractivity contribution >= 4 is 15.9 Å². The van der Waals surface area contributed by atoms with Crippen LogP contribution in [0.25, 0.3) is 0 Å². The summed E-state index contributed by atoms with van der Waals surface area (Å²) < 4.78 is 11.4. The van der Waals surface area contributed by atoms with Crippen LogP contribution in [0.15, 0.2) is 45.7 Å². The average Bonchev–Trinajstić information content (AvgIpc) is 2.84. The molecule has 1 aromatic carbocycles. The molecule has 17 heavy (non-hydrogen) atoms. The zero-order valence-electron chi connectivity index (χ0n) is 9.52. The van der Waals surface area contributed by atoms with Gasteiger partial charge in [0.05, 0.1) is 29.6 Å². The van der Waals surface area contributed by atoms with Crippen LogP contribution in [-0.4, -0.2) is 6.61 Å². The first-order valence-corrected chi connectivity index (χ1v) is 6.21. The second kappa shape index (κ2) is 5.38. The van der Waals surface area contributed by atoms with Gasteiger partial charge in [-0.25, -0.2) is 0 Å². The third-order valence-corrected chi connectivity index (χ3v) is 3.14. The topological polar surface area (TPSA) is 48.4 Å². The third-order valence-electron chi connectivity index (χ3n) is 2.52. The molecule has 1 unspecified atom stereocenters. The molecule has 0 spiro atoms. The maximum atomic E-state index is 6.13. The summed E-state index contributed by atoms with van der Waals surface area (Å²) in [4.78, 5) is 0. The molecule has 2 N–H and O–H groups in total. The number of furan rings is 1. The molecule has 0 aliphatic carbocycles. The smallest absolute Gasteiger partial charge is 0.133 e. The molecule has 4 heteroatoms. The van der Waals surface area contributed by atoms with Crippen LogP contribution in [0.3, 0.4) is 0 Å². The Labute approximate surface area is 109 Å². The van der Waals surface area contributed by atoms with Crippen LogP contribution in [0.4, 0.5) is 0 Å². The first kappa shape index (κ1) is 12.2. The highest BCUT2D eigenvalue weighted by Gasteiger charge is 2.12. The number of nitrogens with two attached hydrogens (primary N) is 1. The molecular formula is C13H14BrNO2. The Hall–Kier alpha value is -1.26. The van der Waals surface area contributed by atoms with E-state index in [1.807, 2.05) is 31.2 Å². The molecule has 2 rings (SSSR count). The number of rotatable bonds is 4. The van der Waals surface area contributed by atoms with Gasteiger partial charge in [-0.3, -0.25) is 0 Å². The first-order chi connectivity index (χ1) is 8.22. The first-order valence-electron chi connectivity index (χ1n) is 5.42. The van der Waals surface area contributed by atoms with E-state index in [4.69, 9.17) is 14.9 Å². The fraction of sp³-hybridized carbons (Fsp3) is 0.231. The number of ether oxygens (including phenoxy) is 1. The lowest BCUT2D eigenvalue weighted by molar-refractivity contribution is 0.338. The fourth-order valence-electron chi connectivity index (χ4n) is 1.63. The minimum absolute atomic E-state index is 0.180. The van der Waals surface area contributed by atoms with Crippen molar-refractivity contribution < 1.29 is 9.15 Å². The number of halogens is 1. The predicted octanol–water partition coefficient (Wildman–Crippen LogP) is 3.49. The quantitative estimate of drug-likeness (QED) is 0.939. The summed E-state index contributed by atoms with van der Waals surface area (Å²) in [5.41, 5.74) is 8.11. The van der Waals surface area contributed by atoms with Gasteiger partial charge in [0, 0.05) is 5.56 Å². The third kappa shape index (κ3) is 2.70. The molecule has 0 amide bonds. The molecule has 0 radical (unpaired) electrons. The van der Waals surface area contributed by atoms with Gasteiger partial charge in [0.15, 0.2) is 0 Å². The van der Waals surface area contributed by atoms with E-state index in [1.54, 1.807) is 12.5 Å². The van der Waals surface area contributed by atoms with E-state index in [9.17, 15) is 0 Å². The standard InChI is InChI=1S/C13H14BrNO2/c1-2-17-12-4-3-9(7-11(12)14)13(15)10-5-6-16-8-10/h3-8,13H,2,15H2,1H3. The maximum absolute atomic E-state index is 6.13. The second-order valence-corrected chi connectivity index (χ2v) is 4.51. The molecule has 0 saturated heterocycles. The van der Waals surface area contributed by atoms with Gasteiger partial charge in [-0.2, -0.15) is 0 Å². The molecule has 0 saturated carbocycles. The van der Waals surface area contributed by atoms with Gasteiger partial charge in [0.1, 0.15) is 5.75 Å². The van der Waals surface area contributed by atoms with E-state index in [2.05, 4.69) is 15.9 Å². The molecule has 2 aromatic rings. The summed E-state index contributed by atoms with van der Waals surface area (Å²) in [5, 5.41) is 0. The van der Waals surface area contributed by atoms with E-state index in [1.165, 1.54) is 0 Å². The zero-order chi connectivity index (χ0) is 12.3. The van der Waals surface area contributed by atoms with Crippen molar-refractivity contribution in [3.8, 4) is 5.75 Å². The number of benzene rings is 1. The van der Waals surface area contributed by atoms with E-state index in [0.717, 1.165) is 21.3 Å². The van der Waals surface area contributed by atoms with Crippen molar-refractivity contribution in [1.82, 2.24) is 0 Å². The van der Waals surface area contributed by atoms with Crippen LogP contribution >= 0.6 is 15.9 Å². The van der Waals surface area contributed by atoms with Crippen LogP contribution < -0.4 is 10.5 Å². The lowest BCUT2D eigenvalue weighted by Crippen LogP contribution is -2.10. The summed E-state index contributed by atoms with van der Waals surface area (Å²) in [6, 6.07) is 7.55. The van der Waals surface area contributed by atoms with Gasteiger partial charge in [-0.15, -0.1) is 0 Å². The zero-order valence-corrected chi connectivity index (χ0v) is 11.1. The molecule has 1 atom stereocenters. The van der Waals surface area contributed by atoms with Crippen LogP contribution in [0, 0.1) is 0 Å². The molecule has 3 nitrogen and oxygen atoms in total. The monoisotopic (exact) mass is 295 g/mol. The maximum Gasteiger partial charge on any atom is 0.133 e. The summed E-state index contributed by atoms with van der Waals surface area (Å²) in [6.07, 6.45) is 3.29. The summed E-state index contributed by atoms with van der Waals surface area (Å²) in [7, 11) is 0. The Morgan fingerprint density at radius 1 is 1.35 bits per heavy atom. The van der Waals surface area contributed by atoms with Crippen molar-refractivity contribution in [1.29, 1.82) is 0 Å². The molecule has 1 aromatic heterocycles. The Balaban J connectivity index is 2.25. The molecule has 0 aliphatic heterocycles. The normalized spacial score (nSPS) is 12.4. The van der Waals surface area contributed by atoms with Crippen molar-refractivity contribution in [2.24, 2.45) is 5.73 Å². The van der Waals surface area contributed by atoms with E-state index >= 15 is 0 Å². The molecule has 0 aliphatic rings. The second-order valence-electron chi connectivity index (χ2n) is 3.66. The van der Waals surface area contributed by atoms with Gasteiger partial charge in [-0.05, 0) is 46.6 Å². The average molecular weight is 296 g/mol. The lowest BCUT2D eigenvalue weighted by atomic mass is 10.0. The van der Waals surface area contributed by atoms with Crippen molar-refractivity contribution in [3.63, 3.8) is 0 Å². The summed E-state index contributed by atoms with van der Waals surface area (Å²) >= 11 is 3.48. The van der Waals surface area contributed by atoms with E-state index in [0.29, 0.717) is 6.61 Å². The Morgan fingerprint density at radius 3 is 2.76 bits per heavy atom. The van der Waals surface area contributed by atoms with Gasteiger partial charge < -0.3 is 14.9 Å². The van der Waals surface area contributed by atoms with Gasteiger partial charge in [0.25, 0.3) is 0 Å². The number of hydrogen-bond donors (Lipinski definition) is 1. The van der Waals surface area contributed by atoms with Crippen LogP contribution in [0.1, 0.15) is 24.1 Å². The summed E-state index contributed by atoms with van der Waals surface area (Å²) in [6.45, 7) is 2.60. The van der Waals surface area contributed by atoms with Crippen molar-refractivity contribution in [2.75, 3.05) is 6.61 Å². The molecule has 0 fully saturated rings. The SMILES string of the molecule is CCOc1ccc(C(N)c2ccoc2)cc1Br. The minimum atomic E-state index is -0.180. The fourth-order valence-corrected chi connectivity index (χ4v) is 2.14. The summed E-state index contributed by atoms with van der Waals surface area (Å²) in [5.74, 6) is 0.829. The molecule has 0 bridgehead atoms. The molecule has 1 heterocycles. The highest BCUT2D eigenvalue weighted by Crippen LogP contribution is 2.29. The Morgan fingerprint density at radius 2 is 2.18 bits per heavy atom. The van der Waals surface area contributed by atoms with Crippen molar-refractivity contribution in [2.45, 2.75) is 13.0 Å². The minimum Gasteiger partial charge on any atom is -0.493 e. The van der Waals surface area contributed by atoms with Crippen LogP contribution in [0.5, 0.6) is 5.75 Å². The Kier molecular flexibility index (Phi) is 3.86. The Bertz CT molecular complexity index is 482. The van der Waals surface area contributed by atoms with Crippen LogP contribution in [0.2, 0.25) is 0 Å². The highest BCUT2D eigenvalue weighted by atomic mass is 79.9. The number of hydrogen-bond acceptors (Lipinski definition) is 3. The van der Waals surface area contributed by atoms with Crippen LogP contribution in [-0.2, 0) is 0 Å². The lowest BCUT2D eigenvalue weighted by Gasteiger charge is -2.12. The van der Waals surface area contributed by atoms with E-state index < -0.39 is 0 Å². The predicted molar refractivity (Wildman–Crippen MR) is 70.0 cm³/mol. The molecular weight excluding hydrogens is 282 g/mol. The molecule has 90 valence electrons. The van der Waals surface area contributed by atoms with Gasteiger partial charge >= 0.3 is 0 Å². The highest BCUT2D eigenvalue weighted by molar-refractivity contribution is 9.10. The largest absolute Gasteiger partial charge is 0.493 e. The van der Waals surface area contributed by atoms with Gasteiger partial charge in [-0.1, -0.05) is 6.07 Å². The van der Waals surface area contributed by atoms with E-state index in [-0.39, 0.29) is 6.04 Å².